The first-order valence-electron chi connectivity index (χ1n) is 7.64. The van der Waals surface area contributed by atoms with Crippen molar-refractivity contribution in [2.75, 3.05) is 50.6 Å². The summed E-state index contributed by atoms with van der Waals surface area (Å²) in [6.07, 6.45) is 1.69. The van der Waals surface area contributed by atoms with E-state index >= 15 is 0 Å². The van der Waals surface area contributed by atoms with Crippen LogP contribution in [0.5, 0.6) is 5.75 Å². The molecule has 2 aromatic rings. The summed E-state index contributed by atoms with van der Waals surface area (Å²) in [5, 5.41) is 3.40. The summed E-state index contributed by atoms with van der Waals surface area (Å²) in [7, 11) is 3.87. The second-order valence-electron chi connectivity index (χ2n) is 5.61. The Morgan fingerprint density at radius 3 is 2.68 bits per heavy atom. The van der Waals surface area contributed by atoms with E-state index in [1.165, 1.54) is 5.69 Å². The van der Waals surface area contributed by atoms with Gasteiger partial charge >= 0.3 is 0 Å². The summed E-state index contributed by atoms with van der Waals surface area (Å²) in [5.74, 6) is 1.76. The van der Waals surface area contributed by atoms with Crippen molar-refractivity contribution in [3.8, 4) is 5.75 Å². The highest BCUT2D eigenvalue weighted by Crippen LogP contribution is 2.30. The van der Waals surface area contributed by atoms with E-state index < -0.39 is 0 Å². The lowest BCUT2D eigenvalue weighted by molar-refractivity contribution is 0.313. The number of methoxy groups -OCH3 is 1. The molecule has 0 atom stereocenters. The summed E-state index contributed by atoms with van der Waals surface area (Å²) in [4.78, 5) is 4.77. The van der Waals surface area contributed by atoms with E-state index in [9.17, 15) is 0 Å². The maximum atomic E-state index is 5.45. The van der Waals surface area contributed by atoms with Crippen LogP contribution in [0.2, 0.25) is 0 Å². The summed E-state index contributed by atoms with van der Waals surface area (Å²) >= 11 is 0. The molecular formula is C17H23N3O2. The predicted octanol–water partition coefficient (Wildman–Crippen LogP) is 2.65. The van der Waals surface area contributed by atoms with Crippen LogP contribution in [0.4, 0.5) is 11.4 Å². The fourth-order valence-electron chi connectivity index (χ4n) is 2.69. The van der Waals surface area contributed by atoms with Crippen LogP contribution in [0.1, 0.15) is 5.76 Å². The first-order valence-corrected chi connectivity index (χ1v) is 7.64. The van der Waals surface area contributed by atoms with Crippen molar-refractivity contribution in [3.05, 3.63) is 42.4 Å². The Hall–Kier alpha value is -2.14. The van der Waals surface area contributed by atoms with E-state index in [4.69, 9.17) is 9.15 Å². The van der Waals surface area contributed by atoms with Gasteiger partial charge in [-0.1, -0.05) is 0 Å². The number of hydrogen-bond acceptors (Lipinski definition) is 5. The van der Waals surface area contributed by atoms with Crippen LogP contribution in [0.25, 0.3) is 0 Å². The first kappa shape index (κ1) is 14.8. The molecule has 0 saturated carbocycles. The Bertz CT molecular complexity index is 590. The number of anilines is 2. The SMILES string of the molecule is COc1ccc(N2CCN(C)CC2)cc1NCc1ccco1. The fourth-order valence-corrected chi connectivity index (χ4v) is 2.69. The molecular weight excluding hydrogens is 278 g/mol. The van der Waals surface area contributed by atoms with Crippen LogP contribution in [0, 0.1) is 0 Å². The molecule has 0 aliphatic carbocycles. The third-order valence-corrected chi connectivity index (χ3v) is 4.08. The van der Waals surface area contributed by atoms with Gasteiger partial charge in [-0.2, -0.15) is 0 Å². The predicted molar refractivity (Wildman–Crippen MR) is 88.7 cm³/mol. The zero-order chi connectivity index (χ0) is 15.4. The van der Waals surface area contributed by atoms with Crippen molar-refractivity contribution < 1.29 is 9.15 Å². The van der Waals surface area contributed by atoms with Crippen LogP contribution in [-0.2, 0) is 6.54 Å². The molecule has 5 nitrogen and oxygen atoms in total. The monoisotopic (exact) mass is 301 g/mol. The zero-order valence-corrected chi connectivity index (χ0v) is 13.2. The fraction of sp³-hybridized carbons (Fsp3) is 0.412. The average Bonchev–Trinajstić information content (AvgIpc) is 3.07. The molecule has 0 radical (unpaired) electrons. The van der Waals surface area contributed by atoms with Gasteiger partial charge in [-0.25, -0.2) is 0 Å². The molecule has 1 aromatic heterocycles. The van der Waals surface area contributed by atoms with E-state index in [1.807, 2.05) is 18.2 Å². The second kappa shape index (κ2) is 6.75. The third kappa shape index (κ3) is 3.36. The van der Waals surface area contributed by atoms with Gasteiger partial charge < -0.3 is 24.3 Å². The minimum absolute atomic E-state index is 0.648. The number of furan rings is 1. The van der Waals surface area contributed by atoms with Crippen molar-refractivity contribution in [2.45, 2.75) is 6.54 Å². The highest BCUT2D eigenvalue weighted by molar-refractivity contribution is 5.66. The minimum atomic E-state index is 0.648. The lowest BCUT2D eigenvalue weighted by Crippen LogP contribution is -2.44. The second-order valence-corrected chi connectivity index (χ2v) is 5.61. The van der Waals surface area contributed by atoms with E-state index in [0.717, 1.165) is 43.4 Å². The number of likely N-dealkylation sites (N-methyl/N-ethyl adjacent to an activating group) is 1. The molecule has 1 saturated heterocycles. The van der Waals surface area contributed by atoms with Gasteiger partial charge in [-0.15, -0.1) is 0 Å². The van der Waals surface area contributed by atoms with E-state index in [1.54, 1.807) is 13.4 Å². The molecule has 118 valence electrons. The highest BCUT2D eigenvalue weighted by Gasteiger charge is 2.15. The van der Waals surface area contributed by atoms with Crippen molar-refractivity contribution in [2.24, 2.45) is 0 Å². The normalized spacial score (nSPS) is 15.8. The molecule has 0 spiro atoms. The Labute approximate surface area is 131 Å². The molecule has 0 amide bonds. The van der Waals surface area contributed by atoms with Crippen molar-refractivity contribution in [1.29, 1.82) is 0 Å². The maximum Gasteiger partial charge on any atom is 0.142 e. The standard InChI is InChI=1S/C17H23N3O2/c1-19-7-9-20(10-8-19)14-5-6-17(21-2)16(12-14)18-13-15-4-3-11-22-15/h3-6,11-12,18H,7-10,13H2,1-2H3. The lowest BCUT2D eigenvalue weighted by atomic mass is 10.2. The van der Waals surface area contributed by atoms with Crippen molar-refractivity contribution in [1.82, 2.24) is 4.90 Å². The Morgan fingerprint density at radius 2 is 2.00 bits per heavy atom. The molecule has 0 bridgehead atoms. The molecule has 1 fully saturated rings. The van der Waals surface area contributed by atoms with E-state index in [0.29, 0.717) is 6.54 Å². The van der Waals surface area contributed by atoms with Gasteiger partial charge in [0.25, 0.3) is 0 Å². The highest BCUT2D eigenvalue weighted by atomic mass is 16.5. The zero-order valence-electron chi connectivity index (χ0n) is 13.2. The Balaban J connectivity index is 1.74. The van der Waals surface area contributed by atoms with Gasteiger partial charge in [0.2, 0.25) is 0 Å². The van der Waals surface area contributed by atoms with Gasteiger partial charge in [0.1, 0.15) is 11.5 Å². The van der Waals surface area contributed by atoms with Crippen LogP contribution in [0.3, 0.4) is 0 Å². The van der Waals surface area contributed by atoms with E-state index in [2.05, 4.69) is 34.3 Å². The van der Waals surface area contributed by atoms with Gasteiger partial charge in [-0.05, 0) is 37.4 Å². The molecule has 1 aromatic carbocycles. The molecule has 22 heavy (non-hydrogen) atoms. The first-order chi connectivity index (χ1) is 10.8. The average molecular weight is 301 g/mol. The largest absolute Gasteiger partial charge is 0.495 e. The van der Waals surface area contributed by atoms with Crippen LogP contribution >= 0.6 is 0 Å². The number of ether oxygens (including phenoxy) is 1. The Morgan fingerprint density at radius 1 is 1.18 bits per heavy atom. The minimum Gasteiger partial charge on any atom is -0.495 e. The number of nitrogens with one attached hydrogen (secondary N) is 1. The number of piperazine rings is 1. The Kier molecular flexibility index (Phi) is 4.53. The number of hydrogen-bond donors (Lipinski definition) is 1. The molecule has 3 rings (SSSR count). The number of rotatable bonds is 5. The topological polar surface area (TPSA) is 40.9 Å². The van der Waals surface area contributed by atoms with Crippen LogP contribution in [-0.4, -0.2) is 45.2 Å². The van der Waals surface area contributed by atoms with Gasteiger partial charge in [-0.3, -0.25) is 0 Å². The van der Waals surface area contributed by atoms with Gasteiger partial charge in [0, 0.05) is 31.9 Å². The third-order valence-electron chi connectivity index (χ3n) is 4.08. The number of nitrogens with zero attached hydrogens (tertiary/aromatic N) is 2. The maximum absolute atomic E-state index is 5.45. The van der Waals surface area contributed by atoms with Gasteiger partial charge in [0.15, 0.2) is 0 Å². The molecule has 1 N–H and O–H groups in total. The summed E-state index contributed by atoms with van der Waals surface area (Å²) in [6.45, 7) is 4.96. The molecule has 0 unspecified atom stereocenters. The van der Waals surface area contributed by atoms with Gasteiger partial charge in [0.05, 0.1) is 25.6 Å². The van der Waals surface area contributed by atoms with Crippen molar-refractivity contribution >= 4 is 11.4 Å². The quantitative estimate of drug-likeness (QED) is 0.919. The molecule has 2 heterocycles. The molecule has 5 heteroatoms. The molecule has 1 aliphatic heterocycles. The smallest absolute Gasteiger partial charge is 0.142 e. The lowest BCUT2D eigenvalue weighted by Gasteiger charge is -2.34. The molecule has 1 aliphatic rings. The summed E-state index contributed by atoms with van der Waals surface area (Å²) in [5.41, 5.74) is 2.23. The van der Waals surface area contributed by atoms with Crippen LogP contribution < -0.4 is 15.0 Å². The van der Waals surface area contributed by atoms with E-state index in [-0.39, 0.29) is 0 Å². The summed E-state index contributed by atoms with van der Waals surface area (Å²) < 4.78 is 10.8. The number of benzene rings is 1. The van der Waals surface area contributed by atoms with Crippen LogP contribution in [0.15, 0.2) is 41.0 Å². The van der Waals surface area contributed by atoms with Crippen molar-refractivity contribution in [3.63, 3.8) is 0 Å². The summed E-state index contributed by atoms with van der Waals surface area (Å²) in [6, 6.07) is 10.2.